The van der Waals surface area contributed by atoms with Crippen LogP contribution in [0.3, 0.4) is 0 Å². The second kappa shape index (κ2) is 9.83. The molecule has 0 aromatic carbocycles. The van der Waals surface area contributed by atoms with E-state index >= 15 is 0 Å². The van der Waals surface area contributed by atoms with Crippen LogP contribution in [0.2, 0.25) is 0 Å². The van der Waals surface area contributed by atoms with Gasteiger partial charge in [0.2, 0.25) is 5.88 Å². The van der Waals surface area contributed by atoms with E-state index in [1.54, 1.807) is 25.5 Å². The van der Waals surface area contributed by atoms with E-state index in [0.29, 0.717) is 12.4 Å². The van der Waals surface area contributed by atoms with Gasteiger partial charge in [-0.3, -0.25) is 4.99 Å². The van der Waals surface area contributed by atoms with Gasteiger partial charge in [-0.25, -0.2) is 4.98 Å². The molecule has 132 valence electrons. The molecule has 7 heteroatoms. The summed E-state index contributed by atoms with van der Waals surface area (Å²) in [6.07, 6.45) is 0. The minimum atomic E-state index is 0. The van der Waals surface area contributed by atoms with Crippen LogP contribution >= 0.6 is 35.3 Å². The van der Waals surface area contributed by atoms with Crippen molar-refractivity contribution in [1.82, 2.24) is 15.6 Å². The smallest absolute Gasteiger partial charge is 0.213 e. The van der Waals surface area contributed by atoms with Crippen molar-refractivity contribution in [1.29, 1.82) is 0 Å². The Morgan fingerprint density at radius 1 is 1.25 bits per heavy atom. The summed E-state index contributed by atoms with van der Waals surface area (Å²) in [7, 11) is 3.39. The standard InChI is InChI=1S/C17H24N4OS.HI/c1-17(2,14-8-6-10-23-14)12-20-16(18-3)19-11-13-7-5-9-15(21-13)22-4;/h5-10H,11-12H2,1-4H3,(H2,18,19,20);1H. The van der Waals surface area contributed by atoms with Crippen LogP contribution in [0.25, 0.3) is 0 Å². The molecule has 0 atom stereocenters. The maximum absolute atomic E-state index is 5.14. The highest BCUT2D eigenvalue weighted by atomic mass is 127. The number of guanidine groups is 1. The highest BCUT2D eigenvalue weighted by Crippen LogP contribution is 2.26. The van der Waals surface area contributed by atoms with Gasteiger partial charge in [-0.1, -0.05) is 26.0 Å². The van der Waals surface area contributed by atoms with E-state index in [4.69, 9.17) is 4.74 Å². The molecule has 2 rings (SSSR count). The largest absolute Gasteiger partial charge is 0.481 e. The van der Waals surface area contributed by atoms with Crippen molar-refractivity contribution in [2.75, 3.05) is 20.7 Å². The van der Waals surface area contributed by atoms with Gasteiger partial charge in [0.15, 0.2) is 5.96 Å². The van der Waals surface area contributed by atoms with Crippen LogP contribution in [0.5, 0.6) is 5.88 Å². The van der Waals surface area contributed by atoms with Crippen molar-refractivity contribution in [2.45, 2.75) is 25.8 Å². The fourth-order valence-electron chi connectivity index (χ4n) is 2.12. The first-order chi connectivity index (χ1) is 11.0. The molecule has 5 nitrogen and oxygen atoms in total. The number of aliphatic imine (C=N–C) groups is 1. The number of hydrogen-bond donors (Lipinski definition) is 2. The second-order valence-electron chi connectivity index (χ2n) is 5.81. The first-order valence-electron chi connectivity index (χ1n) is 7.53. The van der Waals surface area contributed by atoms with Crippen molar-refractivity contribution >= 4 is 41.3 Å². The number of nitrogens with one attached hydrogen (secondary N) is 2. The topological polar surface area (TPSA) is 58.5 Å². The van der Waals surface area contributed by atoms with Crippen molar-refractivity contribution in [3.8, 4) is 5.88 Å². The van der Waals surface area contributed by atoms with Crippen molar-refractivity contribution in [2.24, 2.45) is 4.99 Å². The van der Waals surface area contributed by atoms with Crippen LogP contribution < -0.4 is 15.4 Å². The number of halogens is 1. The third-order valence-corrected chi connectivity index (χ3v) is 4.77. The summed E-state index contributed by atoms with van der Waals surface area (Å²) in [5, 5.41) is 8.77. The molecular formula is C17H25IN4OS. The zero-order valence-electron chi connectivity index (χ0n) is 14.5. The monoisotopic (exact) mass is 460 g/mol. The van der Waals surface area contributed by atoms with Crippen LogP contribution in [-0.4, -0.2) is 31.6 Å². The first kappa shape index (κ1) is 20.7. The molecule has 0 saturated carbocycles. The first-order valence-corrected chi connectivity index (χ1v) is 8.41. The summed E-state index contributed by atoms with van der Waals surface area (Å²) in [5.74, 6) is 1.38. The van der Waals surface area contributed by atoms with Crippen LogP contribution in [0.4, 0.5) is 0 Å². The maximum Gasteiger partial charge on any atom is 0.213 e. The molecule has 0 spiro atoms. The number of methoxy groups -OCH3 is 1. The molecule has 24 heavy (non-hydrogen) atoms. The second-order valence-corrected chi connectivity index (χ2v) is 6.76. The van der Waals surface area contributed by atoms with Gasteiger partial charge in [0.05, 0.1) is 19.3 Å². The zero-order chi connectivity index (χ0) is 16.7. The third kappa shape index (κ3) is 5.94. The number of pyridine rings is 1. The molecule has 0 aliphatic carbocycles. The van der Waals surface area contributed by atoms with E-state index in [0.717, 1.165) is 18.2 Å². The predicted molar refractivity (Wildman–Crippen MR) is 112 cm³/mol. The van der Waals surface area contributed by atoms with Crippen LogP contribution in [-0.2, 0) is 12.0 Å². The normalized spacial score (nSPS) is 11.6. The predicted octanol–water partition coefficient (Wildman–Crippen LogP) is 3.41. The molecule has 0 amide bonds. The molecule has 0 radical (unpaired) electrons. The summed E-state index contributed by atoms with van der Waals surface area (Å²) in [5.41, 5.74) is 0.963. The molecule has 0 saturated heterocycles. The Kier molecular flexibility index (Phi) is 8.47. The molecule has 0 bridgehead atoms. The van der Waals surface area contributed by atoms with E-state index in [1.165, 1.54) is 4.88 Å². The Hall–Kier alpha value is -1.35. The van der Waals surface area contributed by atoms with Gasteiger partial charge in [-0.05, 0) is 17.5 Å². The summed E-state index contributed by atoms with van der Waals surface area (Å²) in [6, 6.07) is 9.98. The van der Waals surface area contributed by atoms with Crippen LogP contribution in [0.15, 0.2) is 40.7 Å². The van der Waals surface area contributed by atoms with Gasteiger partial charge in [0.1, 0.15) is 0 Å². The van der Waals surface area contributed by atoms with Gasteiger partial charge < -0.3 is 15.4 Å². The zero-order valence-corrected chi connectivity index (χ0v) is 17.6. The molecular weight excluding hydrogens is 435 g/mol. The van der Waals surface area contributed by atoms with Crippen LogP contribution in [0, 0.1) is 0 Å². The van der Waals surface area contributed by atoms with Gasteiger partial charge in [0, 0.05) is 30.0 Å². The molecule has 0 unspecified atom stereocenters. The van der Waals surface area contributed by atoms with Gasteiger partial charge in [-0.2, -0.15) is 0 Å². The lowest BCUT2D eigenvalue weighted by atomic mass is 9.91. The van der Waals surface area contributed by atoms with Gasteiger partial charge in [-0.15, -0.1) is 35.3 Å². The lowest BCUT2D eigenvalue weighted by Crippen LogP contribution is -2.43. The van der Waals surface area contributed by atoms with Crippen molar-refractivity contribution in [3.05, 3.63) is 46.3 Å². The number of rotatable bonds is 6. The molecule has 0 aliphatic heterocycles. The highest BCUT2D eigenvalue weighted by Gasteiger charge is 2.21. The number of aromatic nitrogens is 1. The lowest BCUT2D eigenvalue weighted by molar-refractivity contribution is 0.396. The average molecular weight is 460 g/mol. The third-order valence-electron chi connectivity index (χ3n) is 3.54. The van der Waals surface area contributed by atoms with Crippen molar-refractivity contribution in [3.63, 3.8) is 0 Å². The Morgan fingerprint density at radius 2 is 2.04 bits per heavy atom. The maximum atomic E-state index is 5.14. The fraction of sp³-hybridized carbons (Fsp3) is 0.412. The minimum absolute atomic E-state index is 0. The van der Waals surface area contributed by atoms with E-state index in [9.17, 15) is 0 Å². The van der Waals surface area contributed by atoms with E-state index in [2.05, 4.69) is 52.0 Å². The number of hydrogen-bond acceptors (Lipinski definition) is 4. The Morgan fingerprint density at radius 3 is 2.67 bits per heavy atom. The molecule has 0 aliphatic rings. The minimum Gasteiger partial charge on any atom is -0.481 e. The number of thiophene rings is 1. The van der Waals surface area contributed by atoms with E-state index in [1.807, 2.05) is 18.2 Å². The molecule has 2 aromatic rings. The van der Waals surface area contributed by atoms with Crippen molar-refractivity contribution < 1.29 is 4.74 Å². The summed E-state index contributed by atoms with van der Waals surface area (Å²) >= 11 is 1.78. The lowest BCUT2D eigenvalue weighted by Gasteiger charge is -2.25. The van der Waals surface area contributed by atoms with E-state index in [-0.39, 0.29) is 29.4 Å². The van der Waals surface area contributed by atoms with Gasteiger partial charge >= 0.3 is 0 Å². The molecule has 0 fully saturated rings. The average Bonchev–Trinajstić information content (AvgIpc) is 3.10. The van der Waals surface area contributed by atoms with Gasteiger partial charge in [0.25, 0.3) is 0 Å². The number of ether oxygens (including phenoxy) is 1. The fourth-order valence-corrected chi connectivity index (χ4v) is 2.97. The Balaban J connectivity index is 0.00000288. The van der Waals surface area contributed by atoms with Crippen LogP contribution in [0.1, 0.15) is 24.4 Å². The highest BCUT2D eigenvalue weighted by molar-refractivity contribution is 14.0. The molecule has 2 heterocycles. The number of nitrogens with zero attached hydrogens (tertiary/aromatic N) is 2. The Bertz CT molecular complexity index is 644. The SMILES string of the molecule is CN=C(NCc1cccc(OC)n1)NCC(C)(C)c1cccs1.I. The molecule has 2 aromatic heterocycles. The summed E-state index contributed by atoms with van der Waals surface area (Å²) < 4.78 is 5.14. The summed E-state index contributed by atoms with van der Waals surface area (Å²) in [6.45, 7) is 5.85. The molecule has 2 N–H and O–H groups in total. The quantitative estimate of drug-likeness (QED) is 0.394. The Labute approximate surface area is 165 Å². The summed E-state index contributed by atoms with van der Waals surface area (Å²) in [4.78, 5) is 10.0. The van der Waals surface area contributed by atoms with E-state index < -0.39 is 0 Å².